The van der Waals surface area contributed by atoms with E-state index in [0.717, 1.165) is 16.0 Å². The van der Waals surface area contributed by atoms with Crippen molar-refractivity contribution in [3.05, 3.63) is 83.4 Å². The molecular weight excluding hydrogens is 408 g/mol. The molecule has 0 aliphatic carbocycles. The maximum absolute atomic E-state index is 12.8. The molecule has 1 heterocycles. The number of aromatic nitrogens is 1. The van der Waals surface area contributed by atoms with Gasteiger partial charge in [0.2, 0.25) is 0 Å². The lowest BCUT2D eigenvalue weighted by atomic mass is 10.2. The normalized spacial score (nSPS) is 10.7. The molecule has 146 valence electrons. The Labute approximate surface area is 176 Å². The minimum atomic E-state index is -0.283. The lowest BCUT2D eigenvalue weighted by molar-refractivity contribution is 0.102. The number of para-hydroxylation sites is 2. The molecule has 0 radical (unpaired) electrons. The second-order valence-electron chi connectivity index (χ2n) is 6.09. The number of carbonyl (C=O) groups is 1. The quantitative estimate of drug-likeness (QED) is 0.389. The van der Waals surface area contributed by atoms with Gasteiger partial charge in [-0.05, 0) is 42.5 Å². The van der Waals surface area contributed by atoms with E-state index in [-0.39, 0.29) is 5.91 Å². The Morgan fingerprint density at radius 1 is 0.966 bits per heavy atom. The number of thiazole rings is 1. The van der Waals surface area contributed by atoms with Gasteiger partial charge in [0.25, 0.3) is 5.91 Å². The summed E-state index contributed by atoms with van der Waals surface area (Å²) in [5.41, 5.74) is 1.22. The van der Waals surface area contributed by atoms with E-state index in [4.69, 9.17) is 21.1 Å². The zero-order valence-electron chi connectivity index (χ0n) is 15.3. The molecule has 3 aromatic carbocycles. The second-order valence-corrected chi connectivity index (χ2v) is 7.56. The van der Waals surface area contributed by atoms with Crippen LogP contribution in [0.15, 0.2) is 72.8 Å². The highest BCUT2D eigenvalue weighted by Crippen LogP contribution is 2.29. The van der Waals surface area contributed by atoms with Crippen LogP contribution in [-0.2, 0) is 0 Å². The van der Waals surface area contributed by atoms with Crippen LogP contribution in [-0.4, -0.2) is 24.1 Å². The number of nitrogens with zero attached hydrogens (tertiary/aromatic N) is 1. The minimum absolute atomic E-state index is 0.283. The Morgan fingerprint density at radius 2 is 1.72 bits per heavy atom. The van der Waals surface area contributed by atoms with Crippen molar-refractivity contribution < 1.29 is 14.3 Å². The van der Waals surface area contributed by atoms with Crippen LogP contribution in [0.1, 0.15) is 10.4 Å². The van der Waals surface area contributed by atoms with Gasteiger partial charge in [-0.3, -0.25) is 10.1 Å². The standard InChI is InChI=1S/C22H17ClN2O3S/c23-15-10-11-18-20(14-15)29-22(24-18)25-21(26)17-8-4-5-9-19(17)28-13-12-27-16-6-2-1-3-7-16/h1-11,14H,12-13H2,(H,24,25,26). The summed E-state index contributed by atoms with van der Waals surface area (Å²) in [5, 5.41) is 3.98. The molecule has 0 saturated heterocycles. The number of anilines is 1. The van der Waals surface area contributed by atoms with Gasteiger partial charge in [-0.25, -0.2) is 4.98 Å². The highest BCUT2D eigenvalue weighted by molar-refractivity contribution is 7.22. The Kier molecular flexibility index (Phi) is 5.93. The predicted molar refractivity (Wildman–Crippen MR) is 116 cm³/mol. The lowest BCUT2D eigenvalue weighted by Crippen LogP contribution is -2.15. The van der Waals surface area contributed by atoms with E-state index in [0.29, 0.717) is 34.7 Å². The van der Waals surface area contributed by atoms with Gasteiger partial charge in [-0.15, -0.1) is 0 Å². The highest BCUT2D eigenvalue weighted by Gasteiger charge is 2.14. The van der Waals surface area contributed by atoms with Crippen LogP contribution in [0.2, 0.25) is 5.02 Å². The molecule has 0 bridgehead atoms. The molecule has 0 spiro atoms. The molecule has 29 heavy (non-hydrogen) atoms. The Hall–Kier alpha value is -3.09. The number of hydrogen-bond donors (Lipinski definition) is 1. The lowest BCUT2D eigenvalue weighted by Gasteiger charge is -2.11. The summed E-state index contributed by atoms with van der Waals surface area (Å²) in [5.74, 6) is 0.985. The molecule has 0 aliphatic rings. The third-order valence-corrected chi connectivity index (χ3v) is 5.22. The SMILES string of the molecule is O=C(Nc1nc2ccc(Cl)cc2s1)c1ccccc1OCCOc1ccccc1. The number of nitrogens with one attached hydrogen (secondary N) is 1. The monoisotopic (exact) mass is 424 g/mol. The number of fused-ring (bicyclic) bond motifs is 1. The molecular formula is C22H17ClN2O3S. The number of amides is 1. The summed E-state index contributed by atoms with van der Waals surface area (Å²) in [6, 6.07) is 22.0. The van der Waals surface area contributed by atoms with Crippen LogP contribution in [0.3, 0.4) is 0 Å². The van der Waals surface area contributed by atoms with Crippen molar-refractivity contribution in [2.24, 2.45) is 0 Å². The summed E-state index contributed by atoms with van der Waals surface area (Å²) in [6.45, 7) is 0.692. The van der Waals surface area contributed by atoms with Crippen LogP contribution >= 0.6 is 22.9 Å². The first kappa shape index (κ1) is 19.2. The summed E-state index contributed by atoms with van der Waals surface area (Å²) >= 11 is 7.39. The zero-order chi connectivity index (χ0) is 20.1. The van der Waals surface area contributed by atoms with Crippen molar-refractivity contribution in [2.45, 2.75) is 0 Å². The van der Waals surface area contributed by atoms with E-state index in [1.165, 1.54) is 11.3 Å². The maximum atomic E-state index is 12.8. The van der Waals surface area contributed by atoms with E-state index in [1.807, 2.05) is 48.5 Å². The fourth-order valence-corrected chi connectivity index (χ4v) is 3.86. The molecule has 0 unspecified atom stereocenters. The number of ether oxygens (including phenoxy) is 2. The van der Waals surface area contributed by atoms with Crippen molar-refractivity contribution in [1.29, 1.82) is 0 Å². The van der Waals surface area contributed by atoms with Crippen molar-refractivity contribution in [1.82, 2.24) is 4.98 Å². The van der Waals surface area contributed by atoms with Crippen molar-refractivity contribution >= 4 is 44.2 Å². The van der Waals surface area contributed by atoms with Gasteiger partial charge >= 0.3 is 0 Å². The van der Waals surface area contributed by atoms with E-state index < -0.39 is 0 Å². The molecule has 7 heteroatoms. The molecule has 0 atom stereocenters. The minimum Gasteiger partial charge on any atom is -0.490 e. The summed E-state index contributed by atoms with van der Waals surface area (Å²) in [4.78, 5) is 17.2. The number of rotatable bonds is 7. The van der Waals surface area contributed by atoms with Crippen LogP contribution < -0.4 is 14.8 Å². The summed E-state index contributed by atoms with van der Waals surface area (Å²) < 4.78 is 12.3. The third-order valence-electron chi connectivity index (χ3n) is 4.06. The second kappa shape index (κ2) is 8.94. The van der Waals surface area contributed by atoms with Crippen LogP contribution in [0.4, 0.5) is 5.13 Å². The number of halogens is 1. The molecule has 4 aromatic rings. The van der Waals surface area contributed by atoms with E-state index in [1.54, 1.807) is 24.3 Å². The summed E-state index contributed by atoms with van der Waals surface area (Å²) in [7, 11) is 0. The molecule has 1 aromatic heterocycles. The Balaban J connectivity index is 1.40. The van der Waals surface area contributed by atoms with E-state index >= 15 is 0 Å². The average Bonchev–Trinajstić information content (AvgIpc) is 3.13. The van der Waals surface area contributed by atoms with Crippen molar-refractivity contribution in [3.63, 3.8) is 0 Å². The van der Waals surface area contributed by atoms with Gasteiger partial charge in [0, 0.05) is 5.02 Å². The first-order valence-electron chi connectivity index (χ1n) is 8.96. The first-order chi connectivity index (χ1) is 14.2. The van der Waals surface area contributed by atoms with E-state index in [9.17, 15) is 4.79 Å². The smallest absolute Gasteiger partial charge is 0.261 e. The molecule has 5 nitrogen and oxygen atoms in total. The molecule has 1 amide bonds. The molecule has 0 aliphatic heterocycles. The molecule has 0 fully saturated rings. The summed E-state index contributed by atoms with van der Waals surface area (Å²) in [6.07, 6.45) is 0. The van der Waals surface area contributed by atoms with E-state index in [2.05, 4.69) is 10.3 Å². The molecule has 1 N–H and O–H groups in total. The largest absolute Gasteiger partial charge is 0.490 e. The molecule has 4 rings (SSSR count). The van der Waals surface area contributed by atoms with Crippen LogP contribution in [0, 0.1) is 0 Å². The van der Waals surface area contributed by atoms with Gasteiger partial charge in [0.05, 0.1) is 15.8 Å². The number of benzene rings is 3. The topological polar surface area (TPSA) is 60.5 Å². The number of hydrogen-bond acceptors (Lipinski definition) is 5. The Bertz CT molecular complexity index is 1130. The van der Waals surface area contributed by atoms with Crippen molar-refractivity contribution in [2.75, 3.05) is 18.5 Å². The maximum Gasteiger partial charge on any atom is 0.261 e. The van der Waals surface area contributed by atoms with Gasteiger partial charge < -0.3 is 9.47 Å². The fraction of sp³-hybridized carbons (Fsp3) is 0.0909. The Morgan fingerprint density at radius 3 is 2.59 bits per heavy atom. The number of carbonyl (C=O) groups excluding carboxylic acids is 1. The zero-order valence-corrected chi connectivity index (χ0v) is 16.9. The first-order valence-corrected chi connectivity index (χ1v) is 10.2. The molecule has 0 saturated carbocycles. The fourth-order valence-electron chi connectivity index (χ4n) is 2.72. The average molecular weight is 425 g/mol. The van der Waals surface area contributed by atoms with Gasteiger partial charge in [0.1, 0.15) is 24.7 Å². The van der Waals surface area contributed by atoms with Gasteiger partial charge in [-0.2, -0.15) is 0 Å². The van der Waals surface area contributed by atoms with Crippen molar-refractivity contribution in [3.8, 4) is 11.5 Å². The highest BCUT2D eigenvalue weighted by atomic mass is 35.5. The van der Waals surface area contributed by atoms with Crippen LogP contribution in [0.25, 0.3) is 10.2 Å². The van der Waals surface area contributed by atoms with Gasteiger partial charge in [0.15, 0.2) is 5.13 Å². The third kappa shape index (κ3) is 4.85. The van der Waals surface area contributed by atoms with Crippen LogP contribution in [0.5, 0.6) is 11.5 Å². The predicted octanol–water partition coefficient (Wildman–Crippen LogP) is 5.66. The van der Waals surface area contributed by atoms with Gasteiger partial charge in [-0.1, -0.05) is 53.3 Å².